The molecule has 3 aromatic rings. The Morgan fingerprint density at radius 1 is 1.12 bits per heavy atom. The first-order valence-electron chi connectivity index (χ1n) is 5.27. The number of para-hydroxylation sites is 1. The van der Waals surface area contributed by atoms with E-state index in [2.05, 4.69) is 4.98 Å². The summed E-state index contributed by atoms with van der Waals surface area (Å²) in [5.41, 5.74) is 1.82. The van der Waals surface area contributed by atoms with Crippen molar-refractivity contribution in [1.82, 2.24) is 4.98 Å². The monoisotopic (exact) mass is 223 g/mol. The molecule has 0 radical (unpaired) electrons. The fraction of sp³-hybridized carbons (Fsp3) is 0. The third-order valence-electron chi connectivity index (χ3n) is 2.62. The number of carbonyl (C=O) groups excluding carboxylic acids is 1. The van der Waals surface area contributed by atoms with Crippen molar-refractivity contribution in [3.63, 3.8) is 0 Å². The van der Waals surface area contributed by atoms with Crippen LogP contribution >= 0.6 is 0 Å². The molecule has 0 saturated carbocycles. The number of nitrogens with zero attached hydrogens (tertiary/aromatic N) is 1. The van der Waals surface area contributed by atoms with E-state index in [1.807, 2.05) is 30.3 Å². The van der Waals surface area contributed by atoms with Crippen molar-refractivity contribution >= 4 is 17.2 Å². The highest BCUT2D eigenvalue weighted by atomic mass is 16.3. The minimum Gasteiger partial charge on any atom is -0.453 e. The lowest BCUT2D eigenvalue weighted by Crippen LogP contribution is -1.80. The fourth-order valence-corrected chi connectivity index (χ4v) is 1.78. The second-order valence-corrected chi connectivity index (χ2v) is 3.74. The van der Waals surface area contributed by atoms with Crippen molar-refractivity contribution in [2.24, 2.45) is 0 Å². The van der Waals surface area contributed by atoms with Crippen molar-refractivity contribution in [3.05, 3.63) is 54.4 Å². The van der Waals surface area contributed by atoms with Crippen LogP contribution in [-0.2, 0) is 0 Å². The molecule has 0 N–H and O–H groups in total. The summed E-state index contributed by atoms with van der Waals surface area (Å²) in [6.45, 7) is 0. The summed E-state index contributed by atoms with van der Waals surface area (Å²) in [7, 11) is 0. The number of aldehydes is 1. The summed E-state index contributed by atoms with van der Waals surface area (Å²) in [4.78, 5) is 14.9. The van der Waals surface area contributed by atoms with Gasteiger partial charge < -0.3 is 4.42 Å². The third-order valence-corrected chi connectivity index (χ3v) is 2.62. The number of hydrogen-bond acceptors (Lipinski definition) is 3. The predicted molar refractivity (Wildman–Crippen MR) is 64.8 cm³/mol. The van der Waals surface area contributed by atoms with Gasteiger partial charge in [0, 0.05) is 17.1 Å². The molecule has 1 aromatic carbocycles. The Bertz CT molecular complexity index is 685. The molecule has 2 heterocycles. The number of hydrogen-bond donors (Lipinski definition) is 0. The summed E-state index contributed by atoms with van der Waals surface area (Å²) in [5, 5.41) is 1.05. The summed E-state index contributed by atoms with van der Waals surface area (Å²) < 4.78 is 5.36. The van der Waals surface area contributed by atoms with Gasteiger partial charge in [0.15, 0.2) is 12.0 Å². The van der Waals surface area contributed by atoms with Gasteiger partial charge in [-0.25, -0.2) is 0 Å². The Labute approximate surface area is 97.7 Å². The van der Waals surface area contributed by atoms with Gasteiger partial charge in [0.1, 0.15) is 5.76 Å². The minimum atomic E-state index is 0.327. The molecule has 0 bridgehead atoms. The van der Waals surface area contributed by atoms with Gasteiger partial charge in [-0.05, 0) is 24.3 Å². The second-order valence-electron chi connectivity index (χ2n) is 3.74. The van der Waals surface area contributed by atoms with Gasteiger partial charge in [-0.2, -0.15) is 0 Å². The fourth-order valence-electron chi connectivity index (χ4n) is 1.78. The largest absolute Gasteiger partial charge is 0.453 e. The lowest BCUT2D eigenvalue weighted by Gasteiger charge is -1.99. The van der Waals surface area contributed by atoms with Crippen LogP contribution in [-0.4, -0.2) is 11.3 Å². The Hall–Kier alpha value is -2.42. The number of pyridine rings is 1. The molecule has 17 heavy (non-hydrogen) atoms. The molecule has 0 aliphatic rings. The van der Waals surface area contributed by atoms with Crippen LogP contribution in [0, 0.1) is 0 Å². The maximum absolute atomic E-state index is 10.6. The lowest BCUT2D eigenvalue weighted by molar-refractivity contribution is 0.110. The molecule has 2 aromatic heterocycles. The first-order chi connectivity index (χ1) is 8.36. The topological polar surface area (TPSA) is 43.1 Å². The standard InChI is InChI=1S/C14H9NO2/c16-9-12-5-6-14(17-12)11-7-10-3-1-2-4-13(10)15-8-11/h1-9H. The average Bonchev–Trinajstić information content (AvgIpc) is 2.87. The van der Waals surface area contributed by atoms with Crippen LogP contribution in [0.2, 0.25) is 0 Å². The smallest absolute Gasteiger partial charge is 0.185 e. The van der Waals surface area contributed by atoms with Crippen molar-refractivity contribution in [2.75, 3.05) is 0 Å². The van der Waals surface area contributed by atoms with Crippen molar-refractivity contribution < 1.29 is 9.21 Å². The molecule has 0 aliphatic heterocycles. The van der Waals surface area contributed by atoms with Gasteiger partial charge in [-0.15, -0.1) is 0 Å². The van der Waals surface area contributed by atoms with Gasteiger partial charge in [0.05, 0.1) is 5.52 Å². The zero-order chi connectivity index (χ0) is 11.7. The highest BCUT2D eigenvalue weighted by Crippen LogP contribution is 2.24. The van der Waals surface area contributed by atoms with E-state index < -0.39 is 0 Å². The Morgan fingerprint density at radius 3 is 2.82 bits per heavy atom. The normalized spacial score (nSPS) is 10.6. The summed E-state index contributed by atoms with van der Waals surface area (Å²) in [6, 6.07) is 13.3. The van der Waals surface area contributed by atoms with Gasteiger partial charge in [0.2, 0.25) is 0 Å². The highest BCUT2D eigenvalue weighted by Gasteiger charge is 2.05. The minimum absolute atomic E-state index is 0.327. The van der Waals surface area contributed by atoms with Crippen LogP contribution in [0.15, 0.2) is 53.1 Å². The van der Waals surface area contributed by atoms with E-state index in [4.69, 9.17) is 4.42 Å². The number of fused-ring (bicyclic) bond motifs is 1. The van der Waals surface area contributed by atoms with E-state index in [1.54, 1.807) is 18.3 Å². The predicted octanol–water partition coefficient (Wildman–Crippen LogP) is 3.31. The molecule has 0 saturated heterocycles. The van der Waals surface area contributed by atoms with E-state index in [-0.39, 0.29) is 0 Å². The molecule has 0 spiro atoms. The van der Waals surface area contributed by atoms with Crippen molar-refractivity contribution in [1.29, 1.82) is 0 Å². The van der Waals surface area contributed by atoms with Gasteiger partial charge in [0.25, 0.3) is 0 Å². The number of furan rings is 1. The lowest BCUT2D eigenvalue weighted by atomic mass is 10.1. The molecule has 3 rings (SSSR count). The van der Waals surface area contributed by atoms with Crippen LogP contribution in [0.1, 0.15) is 10.6 Å². The number of aromatic nitrogens is 1. The van der Waals surface area contributed by atoms with Crippen molar-refractivity contribution in [2.45, 2.75) is 0 Å². The molecule has 3 nitrogen and oxygen atoms in total. The van der Waals surface area contributed by atoms with Crippen LogP contribution in [0.4, 0.5) is 0 Å². The number of carbonyl (C=O) groups is 1. The summed E-state index contributed by atoms with van der Waals surface area (Å²) in [5.74, 6) is 0.985. The Morgan fingerprint density at radius 2 is 2.00 bits per heavy atom. The van der Waals surface area contributed by atoms with Gasteiger partial charge >= 0.3 is 0 Å². The van der Waals surface area contributed by atoms with E-state index in [0.29, 0.717) is 17.8 Å². The average molecular weight is 223 g/mol. The zero-order valence-corrected chi connectivity index (χ0v) is 8.96. The molecular weight excluding hydrogens is 214 g/mol. The van der Waals surface area contributed by atoms with E-state index in [0.717, 1.165) is 16.5 Å². The van der Waals surface area contributed by atoms with Gasteiger partial charge in [-0.3, -0.25) is 9.78 Å². The van der Waals surface area contributed by atoms with E-state index >= 15 is 0 Å². The molecule has 3 heteroatoms. The zero-order valence-electron chi connectivity index (χ0n) is 8.96. The molecule has 0 amide bonds. The van der Waals surface area contributed by atoms with Gasteiger partial charge in [-0.1, -0.05) is 18.2 Å². The molecule has 0 atom stereocenters. The number of rotatable bonds is 2. The second kappa shape index (κ2) is 3.87. The SMILES string of the molecule is O=Cc1ccc(-c2cnc3ccccc3c2)o1. The highest BCUT2D eigenvalue weighted by molar-refractivity contribution is 5.83. The summed E-state index contributed by atoms with van der Waals surface area (Å²) >= 11 is 0. The Balaban J connectivity index is 2.14. The number of benzene rings is 1. The van der Waals surface area contributed by atoms with Crippen LogP contribution in [0.5, 0.6) is 0 Å². The molecular formula is C14H9NO2. The summed E-state index contributed by atoms with van der Waals surface area (Å²) in [6.07, 6.45) is 2.44. The molecule has 82 valence electrons. The first kappa shape index (κ1) is 9.78. The maximum atomic E-state index is 10.6. The third kappa shape index (κ3) is 1.72. The molecule has 0 aliphatic carbocycles. The molecule has 0 fully saturated rings. The van der Waals surface area contributed by atoms with Crippen LogP contribution < -0.4 is 0 Å². The first-order valence-corrected chi connectivity index (χ1v) is 5.27. The van der Waals surface area contributed by atoms with Crippen molar-refractivity contribution in [3.8, 4) is 11.3 Å². The van der Waals surface area contributed by atoms with E-state index in [1.165, 1.54) is 0 Å². The Kier molecular flexibility index (Phi) is 2.22. The maximum Gasteiger partial charge on any atom is 0.185 e. The van der Waals surface area contributed by atoms with Crippen LogP contribution in [0.3, 0.4) is 0 Å². The van der Waals surface area contributed by atoms with Crippen LogP contribution in [0.25, 0.3) is 22.2 Å². The quantitative estimate of drug-likeness (QED) is 0.626. The van der Waals surface area contributed by atoms with E-state index in [9.17, 15) is 4.79 Å². The molecule has 0 unspecified atom stereocenters.